The number of carbonyl (C=O) groups is 2. The van der Waals surface area contributed by atoms with E-state index in [4.69, 9.17) is 5.11 Å². The van der Waals surface area contributed by atoms with Gasteiger partial charge in [-0.05, 0) is 6.92 Å². The summed E-state index contributed by atoms with van der Waals surface area (Å²) < 4.78 is 1.35. The van der Waals surface area contributed by atoms with E-state index in [1.54, 1.807) is 6.20 Å². The van der Waals surface area contributed by atoms with Crippen LogP contribution < -0.4 is 10.6 Å². The van der Waals surface area contributed by atoms with E-state index in [1.165, 1.54) is 10.9 Å². The summed E-state index contributed by atoms with van der Waals surface area (Å²) in [6.45, 7) is 2.88. The van der Waals surface area contributed by atoms with Crippen molar-refractivity contribution in [1.82, 2.24) is 35.8 Å². The molecule has 2 aromatic heterocycles. The smallest absolute Gasteiger partial charge is 0.358 e. The number of carboxylic acids is 1. The molecule has 0 aliphatic carbocycles. The lowest BCUT2D eigenvalue weighted by molar-refractivity contribution is 0.0690. The third-order valence-electron chi connectivity index (χ3n) is 2.76. The van der Waals surface area contributed by atoms with Gasteiger partial charge in [-0.2, -0.15) is 5.10 Å². The van der Waals surface area contributed by atoms with Crippen molar-refractivity contribution in [2.75, 3.05) is 6.54 Å². The molecule has 112 valence electrons. The topological polar surface area (TPSA) is 138 Å². The number of hydrogen-bond acceptors (Lipinski definition) is 5. The number of carbonyl (C=O) groups excluding carboxylic acids is 1. The Morgan fingerprint density at radius 3 is 2.86 bits per heavy atom. The number of hydrogen-bond donors (Lipinski definition) is 4. The van der Waals surface area contributed by atoms with Crippen molar-refractivity contribution in [1.29, 1.82) is 0 Å². The zero-order valence-corrected chi connectivity index (χ0v) is 11.3. The van der Waals surface area contributed by atoms with Crippen LogP contribution in [0.4, 0.5) is 4.79 Å². The summed E-state index contributed by atoms with van der Waals surface area (Å²) in [5.74, 6) is -1.14. The molecule has 2 rings (SSSR count). The quantitative estimate of drug-likeness (QED) is 0.567. The second kappa shape index (κ2) is 6.50. The second-order valence-electron chi connectivity index (χ2n) is 4.30. The van der Waals surface area contributed by atoms with E-state index >= 15 is 0 Å². The van der Waals surface area contributed by atoms with Crippen LogP contribution in [0.1, 0.15) is 21.7 Å². The first-order chi connectivity index (χ1) is 10.1. The summed E-state index contributed by atoms with van der Waals surface area (Å²) in [4.78, 5) is 22.2. The number of urea groups is 1. The summed E-state index contributed by atoms with van der Waals surface area (Å²) in [5.41, 5.74) is 1.68. The summed E-state index contributed by atoms with van der Waals surface area (Å²) in [6, 6.07) is -0.325. The number of aromatic carboxylic acids is 1. The van der Waals surface area contributed by atoms with Crippen molar-refractivity contribution in [3.8, 4) is 0 Å². The molecule has 0 saturated heterocycles. The first-order valence-electron chi connectivity index (χ1n) is 6.20. The van der Waals surface area contributed by atoms with Crippen molar-refractivity contribution in [3.63, 3.8) is 0 Å². The van der Waals surface area contributed by atoms with Gasteiger partial charge < -0.3 is 15.7 Å². The Morgan fingerprint density at radius 1 is 1.43 bits per heavy atom. The van der Waals surface area contributed by atoms with Crippen molar-refractivity contribution in [3.05, 3.63) is 29.3 Å². The zero-order chi connectivity index (χ0) is 15.2. The average molecular weight is 293 g/mol. The maximum absolute atomic E-state index is 11.6. The molecule has 10 nitrogen and oxygen atoms in total. The minimum Gasteiger partial charge on any atom is -0.476 e. The molecule has 0 atom stereocenters. The summed E-state index contributed by atoms with van der Waals surface area (Å²) >= 11 is 0. The molecule has 0 aliphatic rings. The first-order valence-corrected chi connectivity index (χ1v) is 6.20. The largest absolute Gasteiger partial charge is 0.476 e. The highest BCUT2D eigenvalue weighted by molar-refractivity contribution is 5.84. The fourth-order valence-electron chi connectivity index (χ4n) is 1.58. The Bertz CT molecular complexity index is 633. The molecule has 0 spiro atoms. The standard InChI is InChI=1S/C11H15N7O3/c1-7-8(5-14-15-7)4-13-11(21)12-2-3-18-6-9(10(19)20)16-17-18/h5-6H,2-4H2,1H3,(H,14,15)(H,19,20)(H2,12,13,21). The minimum absolute atomic E-state index is 0.130. The van der Waals surface area contributed by atoms with Gasteiger partial charge in [-0.1, -0.05) is 5.21 Å². The maximum atomic E-state index is 11.6. The fourth-order valence-corrected chi connectivity index (χ4v) is 1.58. The lowest BCUT2D eigenvalue weighted by Gasteiger charge is -2.06. The van der Waals surface area contributed by atoms with Gasteiger partial charge in [-0.25, -0.2) is 14.3 Å². The third kappa shape index (κ3) is 4.03. The summed E-state index contributed by atoms with van der Waals surface area (Å²) in [6.07, 6.45) is 2.95. The zero-order valence-electron chi connectivity index (χ0n) is 11.3. The Balaban J connectivity index is 1.69. The van der Waals surface area contributed by atoms with Gasteiger partial charge in [-0.3, -0.25) is 5.10 Å². The van der Waals surface area contributed by atoms with Crippen molar-refractivity contribution in [2.24, 2.45) is 0 Å². The van der Waals surface area contributed by atoms with Crippen LogP contribution in [-0.4, -0.2) is 48.8 Å². The summed E-state index contributed by atoms with van der Waals surface area (Å²) in [5, 5.41) is 27.7. The molecule has 0 bridgehead atoms. The van der Waals surface area contributed by atoms with Crippen LogP contribution in [0.5, 0.6) is 0 Å². The number of rotatable bonds is 6. The van der Waals surface area contributed by atoms with Gasteiger partial charge in [0, 0.05) is 24.3 Å². The number of H-pyrrole nitrogens is 1. The van der Waals surface area contributed by atoms with Gasteiger partial charge >= 0.3 is 12.0 Å². The van der Waals surface area contributed by atoms with Crippen LogP contribution in [0, 0.1) is 6.92 Å². The molecule has 4 N–H and O–H groups in total. The van der Waals surface area contributed by atoms with Gasteiger partial charge in [0.2, 0.25) is 0 Å². The number of carboxylic acid groups (broad SMARTS) is 1. The Kier molecular flexibility index (Phi) is 4.49. The lowest BCUT2D eigenvalue weighted by atomic mass is 10.3. The van der Waals surface area contributed by atoms with Crippen LogP contribution >= 0.6 is 0 Å². The van der Waals surface area contributed by atoms with Gasteiger partial charge in [0.05, 0.1) is 18.9 Å². The van der Waals surface area contributed by atoms with Gasteiger partial charge in [0.1, 0.15) is 0 Å². The molecule has 2 heterocycles. The van der Waals surface area contributed by atoms with E-state index in [1.807, 2.05) is 6.92 Å². The molecule has 2 amide bonds. The molecule has 10 heteroatoms. The van der Waals surface area contributed by atoms with E-state index in [0.29, 0.717) is 19.6 Å². The molecule has 0 aromatic carbocycles. The van der Waals surface area contributed by atoms with E-state index < -0.39 is 5.97 Å². The number of aromatic nitrogens is 5. The van der Waals surface area contributed by atoms with E-state index in [-0.39, 0.29) is 11.7 Å². The SMILES string of the molecule is Cc1[nH]ncc1CNC(=O)NCCn1cc(C(=O)O)nn1. The molecule has 0 radical (unpaired) electrons. The van der Waals surface area contributed by atoms with Crippen LogP contribution in [0.15, 0.2) is 12.4 Å². The van der Waals surface area contributed by atoms with Crippen LogP contribution in [0.25, 0.3) is 0 Å². The van der Waals surface area contributed by atoms with Crippen LogP contribution in [0.3, 0.4) is 0 Å². The number of aromatic amines is 1. The van der Waals surface area contributed by atoms with Gasteiger partial charge in [-0.15, -0.1) is 5.10 Å². The van der Waals surface area contributed by atoms with Crippen LogP contribution in [0.2, 0.25) is 0 Å². The van der Waals surface area contributed by atoms with Gasteiger partial charge in [0.25, 0.3) is 0 Å². The molecular formula is C11H15N7O3. The number of aryl methyl sites for hydroxylation is 1. The van der Waals surface area contributed by atoms with E-state index in [0.717, 1.165) is 11.3 Å². The van der Waals surface area contributed by atoms with E-state index in [2.05, 4.69) is 31.1 Å². The number of nitrogens with one attached hydrogen (secondary N) is 3. The molecule has 0 aliphatic heterocycles. The molecule has 2 aromatic rings. The maximum Gasteiger partial charge on any atom is 0.358 e. The average Bonchev–Trinajstić information content (AvgIpc) is 3.06. The molecule has 0 fully saturated rings. The molecule has 0 unspecified atom stereocenters. The number of nitrogens with zero attached hydrogens (tertiary/aromatic N) is 4. The van der Waals surface area contributed by atoms with Crippen molar-refractivity contribution >= 4 is 12.0 Å². The predicted octanol–water partition coefficient (Wildman–Crippen LogP) is -0.493. The van der Waals surface area contributed by atoms with Crippen molar-refractivity contribution < 1.29 is 14.7 Å². The molecular weight excluding hydrogens is 278 g/mol. The minimum atomic E-state index is -1.14. The second-order valence-corrected chi connectivity index (χ2v) is 4.30. The third-order valence-corrected chi connectivity index (χ3v) is 2.76. The Morgan fingerprint density at radius 2 is 2.24 bits per heavy atom. The highest BCUT2D eigenvalue weighted by Crippen LogP contribution is 2.00. The lowest BCUT2D eigenvalue weighted by Crippen LogP contribution is -2.36. The first kappa shape index (κ1) is 14.5. The van der Waals surface area contributed by atoms with Crippen molar-refractivity contribution in [2.45, 2.75) is 20.0 Å². The van der Waals surface area contributed by atoms with Crippen LogP contribution in [-0.2, 0) is 13.1 Å². The predicted molar refractivity (Wildman–Crippen MR) is 70.5 cm³/mol. The van der Waals surface area contributed by atoms with E-state index in [9.17, 15) is 9.59 Å². The normalized spacial score (nSPS) is 10.3. The monoisotopic (exact) mass is 293 g/mol. The fraction of sp³-hybridized carbons (Fsp3) is 0.364. The Labute approximate surface area is 119 Å². The van der Waals surface area contributed by atoms with Gasteiger partial charge in [0.15, 0.2) is 5.69 Å². The highest BCUT2D eigenvalue weighted by atomic mass is 16.4. The summed E-state index contributed by atoms with van der Waals surface area (Å²) in [7, 11) is 0. The molecule has 0 saturated carbocycles. The Hall–Kier alpha value is -2.91. The highest BCUT2D eigenvalue weighted by Gasteiger charge is 2.08. The number of amides is 2. The molecule has 21 heavy (non-hydrogen) atoms.